The van der Waals surface area contributed by atoms with Crippen molar-refractivity contribution in [3.05, 3.63) is 59.4 Å². The molecular weight excluding hydrogens is 258 g/mol. The van der Waals surface area contributed by atoms with Crippen LogP contribution in [0, 0.1) is 0 Å². The van der Waals surface area contributed by atoms with E-state index >= 15 is 0 Å². The number of hydrogen-bond acceptors (Lipinski definition) is 3. The van der Waals surface area contributed by atoms with Gasteiger partial charge in [-0.1, -0.05) is 18.2 Å². The molecule has 3 nitrogen and oxygen atoms in total. The van der Waals surface area contributed by atoms with E-state index in [2.05, 4.69) is 5.32 Å². The van der Waals surface area contributed by atoms with Gasteiger partial charge in [0.1, 0.15) is 0 Å². The van der Waals surface area contributed by atoms with Crippen molar-refractivity contribution in [3.8, 4) is 0 Å². The molecule has 0 saturated heterocycles. The van der Waals surface area contributed by atoms with Crippen LogP contribution in [-0.2, 0) is 6.42 Å². The fourth-order valence-corrected chi connectivity index (χ4v) is 2.92. The highest BCUT2D eigenvalue weighted by molar-refractivity contribution is 7.20. The van der Waals surface area contributed by atoms with Gasteiger partial charge in [-0.05, 0) is 35.6 Å². The van der Waals surface area contributed by atoms with Gasteiger partial charge in [0.25, 0.3) is 5.91 Å². The number of thiophene rings is 1. The fraction of sp³-hybridized carbons (Fsp3) is 0.133. The van der Waals surface area contributed by atoms with E-state index in [1.54, 1.807) is 12.5 Å². The van der Waals surface area contributed by atoms with E-state index in [-0.39, 0.29) is 5.91 Å². The summed E-state index contributed by atoms with van der Waals surface area (Å²) in [6, 6.07) is 11.9. The molecule has 3 rings (SSSR count). The van der Waals surface area contributed by atoms with E-state index in [0.29, 0.717) is 6.54 Å². The van der Waals surface area contributed by atoms with Crippen molar-refractivity contribution in [3.63, 3.8) is 0 Å². The molecule has 0 fully saturated rings. The first-order valence-electron chi connectivity index (χ1n) is 6.11. The Labute approximate surface area is 114 Å². The maximum absolute atomic E-state index is 12.0. The molecule has 1 aromatic carbocycles. The van der Waals surface area contributed by atoms with Crippen LogP contribution in [0.15, 0.2) is 53.3 Å². The zero-order chi connectivity index (χ0) is 13.1. The molecule has 3 aromatic rings. The van der Waals surface area contributed by atoms with Crippen molar-refractivity contribution in [1.82, 2.24) is 5.32 Å². The van der Waals surface area contributed by atoms with Crippen LogP contribution in [0.2, 0.25) is 0 Å². The predicted octanol–water partition coefficient (Wildman–Crippen LogP) is 3.47. The van der Waals surface area contributed by atoms with Gasteiger partial charge in [-0.3, -0.25) is 4.79 Å². The Morgan fingerprint density at radius 1 is 1.26 bits per heavy atom. The van der Waals surface area contributed by atoms with Crippen LogP contribution in [0.1, 0.15) is 15.2 Å². The number of benzene rings is 1. The summed E-state index contributed by atoms with van der Waals surface area (Å²) in [5, 5.41) is 4.05. The van der Waals surface area contributed by atoms with Crippen molar-refractivity contribution in [2.75, 3.05) is 6.54 Å². The van der Waals surface area contributed by atoms with E-state index in [1.807, 2.05) is 36.4 Å². The Morgan fingerprint density at radius 2 is 2.16 bits per heavy atom. The fourth-order valence-electron chi connectivity index (χ4n) is 1.94. The first kappa shape index (κ1) is 12.0. The third-order valence-electron chi connectivity index (χ3n) is 2.93. The largest absolute Gasteiger partial charge is 0.472 e. The molecule has 1 amide bonds. The molecule has 96 valence electrons. The number of hydrogen-bond donors (Lipinski definition) is 1. The molecule has 2 heterocycles. The van der Waals surface area contributed by atoms with E-state index in [9.17, 15) is 4.79 Å². The van der Waals surface area contributed by atoms with E-state index in [1.165, 1.54) is 11.3 Å². The second-order valence-electron chi connectivity index (χ2n) is 4.29. The molecule has 1 N–H and O–H groups in total. The number of carbonyl (C=O) groups excluding carboxylic acids is 1. The Balaban J connectivity index is 1.63. The summed E-state index contributed by atoms with van der Waals surface area (Å²) in [7, 11) is 0. The van der Waals surface area contributed by atoms with Crippen LogP contribution in [-0.4, -0.2) is 12.5 Å². The third-order valence-corrected chi connectivity index (χ3v) is 4.04. The maximum atomic E-state index is 12.0. The minimum atomic E-state index is -0.00954. The SMILES string of the molecule is O=C(NCCc1ccoc1)c1cc2ccccc2s1. The highest BCUT2D eigenvalue weighted by Gasteiger charge is 2.09. The lowest BCUT2D eigenvalue weighted by molar-refractivity contribution is 0.0958. The molecule has 0 unspecified atom stereocenters. The van der Waals surface area contributed by atoms with Gasteiger partial charge in [-0.2, -0.15) is 0 Å². The summed E-state index contributed by atoms with van der Waals surface area (Å²) in [5.41, 5.74) is 1.09. The minimum absolute atomic E-state index is 0.00954. The van der Waals surface area contributed by atoms with Crippen LogP contribution in [0.4, 0.5) is 0 Å². The Morgan fingerprint density at radius 3 is 2.95 bits per heavy atom. The predicted molar refractivity (Wildman–Crippen MR) is 76.6 cm³/mol. The number of carbonyl (C=O) groups is 1. The Kier molecular flexibility index (Phi) is 3.33. The van der Waals surface area contributed by atoms with Crippen LogP contribution >= 0.6 is 11.3 Å². The number of amides is 1. The van der Waals surface area contributed by atoms with Crippen molar-refractivity contribution >= 4 is 27.3 Å². The quantitative estimate of drug-likeness (QED) is 0.789. The molecule has 0 aliphatic rings. The molecule has 0 aliphatic carbocycles. The molecule has 4 heteroatoms. The summed E-state index contributed by atoms with van der Waals surface area (Å²) < 4.78 is 6.13. The van der Waals surface area contributed by atoms with Gasteiger partial charge in [-0.15, -0.1) is 11.3 Å². The van der Waals surface area contributed by atoms with Gasteiger partial charge in [0, 0.05) is 11.2 Å². The second kappa shape index (κ2) is 5.28. The standard InChI is InChI=1S/C15H13NO2S/c17-15(16-7-5-11-6-8-18-10-11)14-9-12-3-1-2-4-13(12)19-14/h1-4,6,8-10H,5,7H2,(H,16,17). The molecule has 0 spiro atoms. The zero-order valence-corrected chi connectivity index (χ0v) is 11.1. The zero-order valence-electron chi connectivity index (χ0n) is 10.3. The molecule has 0 atom stereocenters. The van der Waals surface area contributed by atoms with E-state index < -0.39 is 0 Å². The minimum Gasteiger partial charge on any atom is -0.472 e. The van der Waals surface area contributed by atoms with E-state index in [4.69, 9.17) is 4.42 Å². The van der Waals surface area contributed by atoms with Crippen molar-refractivity contribution < 1.29 is 9.21 Å². The summed E-state index contributed by atoms with van der Waals surface area (Å²) >= 11 is 1.52. The average molecular weight is 271 g/mol. The van der Waals surface area contributed by atoms with Gasteiger partial charge in [0.15, 0.2) is 0 Å². The number of furan rings is 1. The van der Waals surface area contributed by atoms with Crippen molar-refractivity contribution in [2.24, 2.45) is 0 Å². The average Bonchev–Trinajstić information content (AvgIpc) is 3.07. The van der Waals surface area contributed by atoms with Crippen molar-refractivity contribution in [2.45, 2.75) is 6.42 Å². The van der Waals surface area contributed by atoms with Crippen LogP contribution in [0.3, 0.4) is 0 Å². The third kappa shape index (κ3) is 2.69. The number of nitrogens with one attached hydrogen (secondary N) is 1. The van der Waals surface area contributed by atoms with Crippen LogP contribution in [0.25, 0.3) is 10.1 Å². The smallest absolute Gasteiger partial charge is 0.261 e. The van der Waals surface area contributed by atoms with Crippen LogP contribution in [0.5, 0.6) is 0 Å². The lowest BCUT2D eigenvalue weighted by Crippen LogP contribution is -2.24. The summed E-state index contributed by atoms with van der Waals surface area (Å²) in [5.74, 6) is -0.00954. The lowest BCUT2D eigenvalue weighted by atomic mass is 10.2. The first-order chi connectivity index (χ1) is 9.33. The Hall–Kier alpha value is -2.07. The van der Waals surface area contributed by atoms with E-state index in [0.717, 1.165) is 26.9 Å². The van der Waals surface area contributed by atoms with Crippen molar-refractivity contribution in [1.29, 1.82) is 0 Å². The monoisotopic (exact) mass is 271 g/mol. The highest BCUT2D eigenvalue weighted by Crippen LogP contribution is 2.24. The molecule has 19 heavy (non-hydrogen) atoms. The normalized spacial score (nSPS) is 10.7. The summed E-state index contributed by atoms with van der Waals surface area (Å²) in [4.78, 5) is 12.8. The van der Waals surface area contributed by atoms with Gasteiger partial charge >= 0.3 is 0 Å². The maximum Gasteiger partial charge on any atom is 0.261 e. The van der Waals surface area contributed by atoms with Gasteiger partial charge in [0.2, 0.25) is 0 Å². The molecule has 0 aliphatic heterocycles. The Bertz CT molecular complexity index is 652. The molecule has 0 saturated carbocycles. The summed E-state index contributed by atoms with van der Waals surface area (Å²) in [6.07, 6.45) is 4.13. The number of fused-ring (bicyclic) bond motifs is 1. The highest BCUT2D eigenvalue weighted by atomic mass is 32.1. The molecule has 0 bridgehead atoms. The van der Waals surface area contributed by atoms with Crippen LogP contribution < -0.4 is 5.32 Å². The first-order valence-corrected chi connectivity index (χ1v) is 6.92. The van der Waals surface area contributed by atoms with Gasteiger partial charge < -0.3 is 9.73 Å². The van der Waals surface area contributed by atoms with Gasteiger partial charge in [-0.25, -0.2) is 0 Å². The lowest BCUT2D eigenvalue weighted by Gasteiger charge is -2.01. The molecule has 2 aromatic heterocycles. The molecule has 0 radical (unpaired) electrons. The van der Waals surface area contributed by atoms with Gasteiger partial charge in [0.05, 0.1) is 17.4 Å². The number of rotatable bonds is 4. The second-order valence-corrected chi connectivity index (χ2v) is 5.37. The topological polar surface area (TPSA) is 42.2 Å². The molecular formula is C15H13NO2S. The summed E-state index contributed by atoms with van der Waals surface area (Å²) in [6.45, 7) is 0.618.